The maximum absolute atomic E-state index is 3.78. The SMILES string of the molecule is CCCCCCc1ccc(C#Cc2ccc3c(C#Cc4ccc(-c5ccc(CCCCCC)s5)s4)c4cc(C#Cc5ccc(CCCCCC)s5)ccc4c(C#Cc4ccc(-c5ccc(CCCCCC)s5)s4)c3c2)s1. The number of unbranched alkanes of at least 4 members (excludes halogenated alkanes) is 12. The van der Waals surface area contributed by atoms with Crippen LogP contribution in [0, 0.1) is 47.4 Å². The zero-order chi connectivity index (χ0) is 52.3. The number of rotatable bonds is 22. The van der Waals surface area contributed by atoms with Gasteiger partial charge in [-0.05, 0) is 159 Å². The molecule has 0 nitrogen and oxygen atoms in total. The second-order valence-corrected chi connectivity index (χ2v) is 26.7. The number of aryl methyl sites for hydroxylation is 4. The summed E-state index contributed by atoms with van der Waals surface area (Å²) >= 11 is 11.1. The predicted molar refractivity (Wildman–Crippen MR) is 341 cm³/mol. The summed E-state index contributed by atoms with van der Waals surface area (Å²) < 4.78 is 0. The van der Waals surface area contributed by atoms with Crippen molar-refractivity contribution in [3.63, 3.8) is 0 Å². The molecule has 9 rings (SSSR count). The molecule has 386 valence electrons. The Hall–Kier alpha value is -5.38. The van der Waals surface area contributed by atoms with Crippen LogP contribution in [0.15, 0.2) is 109 Å². The highest BCUT2D eigenvalue weighted by Crippen LogP contribution is 2.38. The molecule has 76 heavy (non-hydrogen) atoms. The van der Waals surface area contributed by atoms with Crippen molar-refractivity contribution in [2.75, 3.05) is 0 Å². The van der Waals surface area contributed by atoms with E-state index in [-0.39, 0.29) is 0 Å². The third kappa shape index (κ3) is 15.4. The molecular formula is C70H70S6. The first-order chi connectivity index (χ1) is 37.5. The highest BCUT2D eigenvalue weighted by atomic mass is 32.1. The summed E-state index contributed by atoms with van der Waals surface area (Å²) in [6.07, 6.45) is 25.0. The Morgan fingerprint density at radius 2 is 0.579 bits per heavy atom. The molecule has 0 amide bonds. The van der Waals surface area contributed by atoms with Crippen LogP contribution in [0.1, 0.15) is 192 Å². The van der Waals surface area contributed by atoms with E-state index in [0.29, 0.717) is 0 Å². The lowest BCUT2D eigenvalue weighted by Gasteiger charge is -2.12. The minimum atomic E-state index is 0.972. The molecule has 0 fully saturated rings. The third-order valence-electron chi connectivity index (χ3n) is 13.8. The van der Waals surface area contributed by atoms with Crippen LogP contribution in [0.5, 0.6) is 0 Å². The zero-order valence-corrected chi connectivity index (χ0v) is 49.9. The summed E-state index contributed by atoms with van der Waals surface area (Å²) in [4.78, 5) is 15.3. The fourth-order valence-electron chi connectivity index (χ4n) is 9.60. The van der Waals surface area contributed by atoms with E-state index in [1.54, 1.807) is 22.7 Å². The average Bonchev–Trinajstić information content (AvgIpc) is 4.33. The maximum atomic E-state index is 3.78. The lowest BCUT2D eigenvalue weighted by Crippen LogP contribution is -1.93. The number of hydrogen-bond acceptors (Lipinski definition) is 6. The van der Waals surface area contributed by atoms with Crippen LogP contribution in [0.4, 0.5) is 0 Å². The van der Waals surface area contributed by atoms with Gasteiger partial charge in [0.15, 0.2) is 0 Å². The van der Waals surface area contributed by atoms with Crippen LogP contribution in [0.2, 0.25) is 0 Å². The van der Waals surface area contributed by atoms with Crippen LogP contribution in [0.25, 0.3) is 41.1 Å². The Morgan fingerprint density at radius 3 is 0.974 bits per heavy atom. The second kappa shape index (κ2) is 28.8. The molecule has 0 N–H and O–H groups in total. The molecule has 0 spiro atoms. The normalized spacial score (nSPS) is 11.0. The van der Waals surface area contributed by atoms with Gasteiger partial charge >= 0.3 is 0 Å². The van der Waals surface area contributed by atoms with Gasteiger partial charge in [-0.2, -0.15) is 0 Å². The molecule has 0 aliphatic heterocycles. The average molecular weight is 1100 g/mol. The Morgan fingerprint density at radius 1 is 0.263 bits per heavy atom. The van der Waals surface area contributed by atoms with Crippen molar-refractivity contribution in [3.05, 3.63) is 170 Å². The van der Waals surface area contributed by atoms with Crippen LogP contribution >= 0.6 is 68.0 Å². The van der Waals surface area contributed by atoms with Gasteiger partial charge in [0.2, 0.25) is 0 Å². The zero-order valence-electron chi connectivity index (χ0n) is 45.0. The highest BCUT2D eigenvalue weighted by molar-refractivity contribution is 7.23. The standard InChI is InChI=1S/C70H70S6/c1-5-9-13-17-21-53-31-33-57(71-53)29-25-51-27-41-61-64(44-36-60-40-48-70(76-60)68-46-38-56(74-68)24-20-16-12-8-4)66-50-52(26-30-58-34-32-54(72-58)22-18-14-10-6-2)28-42-62(66)63(65(61)49-51)43-35-59-39-47-69(75-59)67-45-37-55(73-67)23-19-15-11-7-3/h27-28,31-34,37-42,45-50H,5-24H2,1-4H3. The van der Waals surface area contributed by atoms with E-state index in [0.717, 1.165) is 89.0 Å². The van der Waals surface area contributed by atoms with Gasteiger partial charge < -0.3 is 0 Å². The van der Waals surface area contributed by atoms with E-state index in [1.807, 2.05) is 45.3 Å². The summed E-state index contributed by atoms with van der Waals surface area (Å²) in [5, 5.41) is 4.30. The Labute approximate surface area is 479 Å². The minimum Gasteiger partial charge on any atom is -0.139 e. The topological polar surface area (TPSA) is 0 Å². The van der Waals surface area contributed by atoms with Gasteiger partial charge in [-0.15, -0.1) is 68.0 Å². The van der Waals surface area contributed by atoms with Gasteiger partial charge in [-0.1, -0.05) is 164 Å². The molecule has 0 radical (unpaired) electrons. The summed E-state index contributed by atoms with van der Waals surface area (Å²) in [6.45, 7) is 9.10. The molecular weight excluding hydrogens is 1030 g/mol. The summed E-state index contributed by atoms with van der Waals surface area (Å²) in [7, 11) is 0. The van der Waals surface area contributed by atoms with E-state index >= 15 is 0 Å². The summed E-state index contributed by atoms with van der Waals surface area (Å²) in [6, 6.07) is 40.4. The largest absolute Gasteiger partial charge is 0.139 e. The van der Waals surface area contributed by atoms with Crippen LogP contribution in [-0.4, -0.2) is 0 Å². The smallest absolute Gasteiger partial charge is 0.0779 e. The molecule has 0 unspecified atom stereocenters. The first-order valence-electron chi connectivity index (χ1n) is 28.1. The molecule has 0 aliphatic carbocycles. The Bertz CT molecular complexity index is 3360. The number of benzene rings is 3. The second-order valence-electron chi connectivity index (χ2n) is 19.9. The fraction of sp³-hybridized carbons (Fsp3) is 0.343. The molecule has 0 saturated heterocycles. The summed E-state index contributed by atoms with van der Waals surface area (Å²) in [5.41, 5.74) is 3.94. The van der Waals surface area contributed by atoms with Gasteiger partial charge in [0.05, 0.1) is 19.5 Å². The molecule has 0 atom stereocenters. The summed E-state index contributed by atoms with van der Waals surface area (Å²) in [5.74, 6) is 29.1. The Balaban J connectivity index is 1.12. The van der Waals surface area contributed by atoms with Gasteiger partial charge in [-0.25, -0.2) is 0 Å². The predicted octanol–water partition coefficient (Wildman–Crippen LogP) is 21.8. The third-order valence-corrected chi connectivity index (χ3v) is 20.7. The van der Waals surface area contributed by atoms with Crippen LogP contribution in [-0.2, 0) is 25.7 Å². The van der Waals surface area contributed by atoms with Gasteiger partial charge in [-0.3, -0.25) is 0 Å². The van der Waals surface area contributed by atoms with Crippen LogP contribution in [0.3, 0.4) is 0 Å². The molecule has 0 bridgehead atoms. The van der Waals surface area contributed by atoms with E-state index < -0.39 is 0 Å². The van der Waals surface area contributed by atoms with Crippen molar-refractivity contribution < 1.29 is 0 Å². The minimum absolute atomic E-state index is 0.972. The van der Waals surface area contributed by atoms with Crippen molar-refractivity contribution >= 4 is 89.6 Å². The quantitative estimate of drug-likeness (QED) is 0.0360. The van der Waals surface area contributed by atoms with E-state index in [2.05, 4.69) is 184 Å². The molecule has 0 aliphatic rings. The van der Waals surface area contributed by atoms with E-state index in [4.69, 9.17) is 0 Å². The van der Waals surface area contributed by atoms with E-state index in [9.17, 15) is 0 Å². The molecule has 6 aromatic heterocycles. The van der Waals surface area contributed by atoms with Crippen LogP contribution < -0.4 is 0 Å². The Kier molecular flexibility index (Phi) is 21.0. The first-order valence-corrected chi connectivity index (χ1v) is 33.0. The monoisotopic (exact) mass is 1100 g/mol. The maximum Gasteiger partial charge on any atom is 0.0779 e. The van der Waals surface area contributed by atoms with Gasteiger partial charge in [0.1, 0.15) is 0 Å². The highest BCUT2D eigenvalue weighted by Gasteiger charge is 2.15. The number of fused-ring (bicyclic) bond motifs is 2. The van der Waals surface area contributed by atoms with Gasteiger partial charge in [0.25, 0.3) is 0 Å². The van der Waals surface area contributed by atoms with Crippen molar-refractivity contribution in [3.8, 4) is 66.9 Å². The molecule has 6 heterocycles. The lowest BCUT2D eigenvalue weighted by molar-refractivity contribution is 0.670. The van der Waals surface area contributed by atoms with Crippen molar-refractivity contribution in [1.82, 2.24) is 0 Å². The van der Waals surface area contributed by atoms with Crippen molar-refractivity contribution in [2.24, 2.45) is 0 Å². The molecule has 9 aromatic rings. The fourth-order valence-corrected chi connectivity index (χ4v) is 15.4. The first kappa shape index (κ1) is 55.4. The van der Waals surface area contributed by atoms with Crippen molar-refractivity contribution in [1.29, 1.82) is 0 Å². The van der Waals surface area contributed by atoms with Gasteiger partial charge in [0, 0.05) is 72.0 Å². The van der Waals surface area contributed by atoms with E-state index in [1.165, 1.54) is 142 Å². The van der Waals surface area contributed by atoms with Crippen molar-refractivity contribution in [2.45, 2.75) is 156 Å². The lowest BCUT2D eigenvalue weighted by atomic mass is 9.90. The molecule has 3 aromatic carbocycles. The molecule has 0 saturated carbocycles. The molecule has 6 heteroatoms. The number of hydrogen-bond donors (Lipinski definition) is 0. The number of thiophene rings is 6.